The summed E-state index contributed by atoms with van der Waals surface area (Å²) < 4.78 is 42.9. The first-order valence-corrected chi connectivity index (χ1v) is 8.92. The topological polar surface area (TPSA) is 149 Å². The summed E-state index contributed by atoms with van der Waals surface area (Å²) in [5, 5.41) is 0. The van der Waals surface area contributed by atoms with E-state index in [1.165, 1.54) is 27.9 Å². The molecule has 4 saturated heterocycles. The van der Waals surface area contributed by atoms with Crippen LogP contribution >= 0.6 is 0 Å². The molecule has 4 aliphatic rings. The molecule has 4 fully saturated rings. The fourth-order valence-corrected chi connectivity index (χ4v) is 3.93. The van der Waals surface area contributed by atoms with E-state index in [9.17, 15) is 19.2 Å². The monoisotopic (exact) mass is 416 g/mol. The molecule has 0 aromatic carbocycles. The Labute approximate surface area is 164 Å². The molecular weight excluding hydrogens is 396 g/mol. The normalized spacial score (nSPS) is 43.6. The minimum atomic E-state index is -1.60. The van der Waals surface area contributed by atoms with Gasteiger partial charge in [-0.2, -0.15) is 0 Å². The van der Waals surface area contributed by atoms with E-state index in [4.69, 9.17) is 37.9 Å². The molecule has 0 aliphatic carbocycles. The van der Waals surface area contributed by atoms with E-state index in [0.29, 0.717) is 0 Å². The van der Waals surface area contributed by atoms with Crippen molar-refractivity contribution in [3.8, 4) is 0 Å². The zero-order valence-electron chi connectivity index (χ0n) is 16.1. The average Bonchev–Trinajstić information content (AvgIpc) is 3.50. The highest BCUT2D eigenvalue weighted by Gasteiger charge is 2.92. The molecule has 0 bridgehead atoms. The second-order valence-corrected chi connectivity index (χ2v) is 7.11. The number of carbonyl (C=O) groups is 4. The summed E-state index contributed by atoms with van der Waals surface area (Å²) in [6.45, 7) is 3.30. The van der Waals surface area contributed by atoms with Crippen LogP contribution < -0.4 is 0 Å². The molecule has 160 valence electrons. The van der Waals surface area contributed by atoms with Crippen LogP contribution in [0.4, 0.5) is 0 Å². The number of ether oxygens (including phenoxy) is 8. The highest BCUT2D eigenvalue weighted by molar-refractivity contribution is 5.83. The first kappa shape index (κ1) is 20.0. The lowest BCUT2D eigenvalue weighted by molar-refractivity contribution is -0.224. The number of methoxy groups -OCH3 is 1. The fraction of sp³-hybridized carbons (Fsp3) is 0.765. The maximum absolute atomic E-state index is 12.0. The maximum Gasteiger partial charge on any atom is 0.369 e. The summed E-state index contributed by atoms with van der Waals surface area (Å²) in [7, 11) is 1.19. The predicted octanol–water partition coefficient (Wildman–Crippen LogP) is -1.43. The lowest BCUT2D eigenvalue weighted by Gasteiger charge is -2.26. The Hall–Kier alpha value is -2.28. The van der Waals surface area contributed by atoms with Crippen LogP contribution in [0.25, 0.3) is 0 Å². The van der Waals surface area contributed by atoms with Gasteiger partial charge in [-0.1, -0.05) is 0 Å². The van der Waals surface area contributed by atoms with E-state index in [1.54, 1.807) is 0 Å². The predicted molar refractivity (Wildman–Crippen MR) is 84.7 cm³/mol. The van der Waals surface area contributed by atoms with Gasteiger partial charge in [-0.25, -0.2) is 4.79 Å². The SMILES string of the molecule is COC(=O)C12OC1C1OC1([C@@H]1O[C@H](COC(C)=O)[C@@H](OC(C)=O)[C@H]1OC(C)=O)O2. The van der Waals surface area contributed by atoms with Gasteiger partial charge in [0.1, 0.15) is 12.7 Å². The Morgan fingerprint density at radius 1 is 0.862 bits per heavy atom. The van der Waals surface area contributed by atoms with Crippen molar-refractivity contribution < 1.29 is 57.1 Å². The lowest BCUT2D eigenvalue weighted by Crippen LogP contribution is -2.48. The molecule has 0 N–H and O–H groups in total. The van der Waals surface area contributed by atoms with Gasteiger partial charge in [-0.15, -0.1) is 0 Å². The van der Waals surface area contributed by atoms with Crippen molar-refractivity contribution in [1.29, 1.82) is 0 Å². The fourth-order valence-electron chi connectivity index (χ4n) is 3.93. The van der Waals surface area contributed by atoms with Crippen LogP contribution in [-0.2, 0) is 57.1 Å². The van der Waals surface area contributed by atoms with Crippen LogP contribution in [0.15, 0.2) is 0 Å². The van der Waals surface area contributed by atoms with Gasteiger partial charge in [0.2, 0.25) is 5.79 Å². The van der Waals surface area contributed by atoms with Crippen molar-refractivity contribution in [2.24, 2.45) is 0 Å². The van der Waals surface area contributed by atoms with E-state index in [-0.39, 0.29) is 6.61 Å². The first-order valence-electron chi connectivity index (χ1n) is 8.92. The van der Waals surface area contributed by atoms with Crippen molar-refractivity contribution >= 4 is 23.9 Å². The van der Waals surface area contributed by atoms with Gasteiger partial charge < -0.3 is 37.9 Å². The smallest absolute Gasteiger partial charge is 0.369 e. The third kappa shape index (κ3) is 3.06. The van der Waals surface area contributed by atoms with E-state index in [2.05, 4.69) is 0 Å². The first-order chi connectivity index (χ1) is 13.6. The number of rotatable bonds is 6. The Kier molecular flexibility index (Phi) is 4.57. The molecule has 0 amide bonds. The van der Waals surface area contributed by atoms with Crippen LogP contribution in [0.5, 0.6) is 0 Å². The number of fused-ring (bicyclic) bond motifs is 3. The number of carbonyl (C=O) groups excluding carboxylic acids is 4. The second kappa shape index (κ2) is 6.62. The molecule has 8 atom stereocenters. The number of hydrogen-bond acceptors (Lipinski definition) is 12. The third-order valence-electron chi connectivity index (χ3n) is 5.09. The Bertz CT molecular complexity index is 766. The van der Waals surface area contributed by atoms with Gasteiger partial charge in [0.05, 0.1) is 7.11 Å². The summed E-state index contributed by atoms with van der Waals surface area (Å²) in [6.07, 6.45) is -5.61. The van der Waals surface area contributed by atoms with Crippen molar-refractivity contribution in [2.45, 2.75) is 69.0 Å². The van der Waals surface area contributed by atoms with Crippen molar-refractivity contribution in [1.82, 2.24) is 0 Å². The molecule has 12 nitrogen and oxygen atoms in total. The highest BCUT2D eigenvalue weighted by Crippen LogP contribution is 2.66. The highest BCUT2D eigenvalue weighted by atomic mass is 17.0. The number of hydrogen-bond donors (Lipinski definition) is 0. The van der Waals surface area contributed by atoms with Crippen molar-refractivity contribution in [3.63, 3.8) is 0 Å². The largest absolute Gasteiger partial charge is 0.465 e. The van der Waals surface area contributed by atoms with Crippen molar-refractivity contribution in [3.05, 3.63) is 0 Å². The molecule has 29 heavy (non-hydrogen) atoms. The molecule has 4 rings (SSSR count). The molecule has 0 saturated carbocycles. The van der Waals surface area contributed by atoms with Crippen LogP contribution in [0.1, 0.15) is 20.8 Å². The number of epoxide rings is 2. The van der Waals surface area contributed by atoms with Gasteiger partial charge in [0.15, 0.2) is 30.5 Å². The second-order valence-electron chi connectivity index (χ2n) is 7.11. The zero-order chi connectivity index (χ0) is 21.1. The molecule has 0 aromatic rings. The van der Waals surface area contributed by atoms with Crippen LogP contribution in [0.3, 0.4) is 0 Å². The summed E-state index contributed by atoms with van der Waals surface area (Å²) in [4.78, 5) is 46.5. The standard InChI is InChI=1S/C17H20O12/c1-6(18)23-5-9-10(24-7(2)19)11(25-8(3)20)12(26-9)16-13(27-16)14-17(28-14,29-16)15(21)22-4/h9-14H,5H2,1-4H3/t9-,10-,11-,12-,13?,14?,16?,17?/m1/s1. The Morgan fingerprint density at radius 3 is 2.10 bits per heavy atom. The Balaban J connectivity index is 1.60. The van der Waals surface area contributed by atoms with Crippen LogP contribution in [-0.4, -0.2) is 85.8 Å². The summed E-state index contributed by atoms with van der Waals surface area (Å²) in [5.41, 5.74) is 0. The zero-order valence-corrected chi connectivity index (χ0v) is 16.1. The third-order valence-corrected chi connectivity index (χ3v) is 5.09. The van der Waals surface area contributed by atoms with E-state index >= 15 is 0 Å². The molecule has 0 aromatic heterocycles. The van der Waals surface area contributed by atoms with E-state index in [1.807, 2.05) is 0 Å². The molecular formula is C17H20O12. The molecule has 4 aliphatic heterocycles. The summed E-state index contributed by atoms with van der Waals surface area (Å²) >= 11 is 0. The van der Waals surface area contributed by atoms with Crippen molar-refractivity contribution in [2.75, 3.05) is 13.7 Å². The van der Waals surface area contributed by atoms with Crippen LogP contribution in [0.2, 0.25) is 0 Å². The van der Waals surface area contributed by atoms with E-state index in [0.717, 1.165) is 0 Å². The molecule has 4 heterocycles. The van der Waals surface area contributed by atoms with E-state index < -0.39 is 72.1 Å². The summed E-state index contributed by atoms with van der Waals surface area (Å²) in [6, 6.07) is 0. The van der Waals surface area contributed by atoms with Gasteiger partial charge in [0.25, 0.3) is 0 Å². The quantitative estimate of drug-likeness (QED) is 0.284. The van der Waals surface area contributed by atoms with Gasteiger partial charge in [-0.05, 0) is 0 Å². The molecule has 12 heteroatoms. The number of esters is 4. The van der Waals surface area contributed by atoms with Crippen LogP contribution in [0, 0.1) is 0 Å². The van der Waals surface area contributed by atoms with Gasteiger partial charge in [-0.3, -0.25) is 14.4 Å². The molecule has 0 spiro atoms. The van der Waals surface area contributed by atoms with Gasteiger partial charge >= 0.3 is 29.7 Å². The Morgan fingerprint density at radius 2 is 1.52 bits per heavy atom. The summed E-state index contributed by atoms with van der Waals surface area (Å²) in [5.74, 6) is -5.68. The minimum absolute atomic E-state index is 0.260. The van der Waals surface area contributed by atoms with Gasteiger partial charge in [0, 0.05) is 20.8 Å². The lowest BCUT2D eigenvalue weighted by atomic mass is 10.0. The maximum atomic E-state index is 12.0. The average molecular weight is 416 g/mol. The molecule has 4 unspecified atom stereocenters. The minimum Gasteiger partial charge on any atom is -0.465 e. The molecule has 0 radical (unpaired) electrons.